The van der Waals surface area contributed by atoms with Gasteiger partial charge in [-0.1, -0.05) is 61.6 Å². The Morgan fingerprint density at radius 3 is 2.45 bits per heavy atom. The van der Waals surface area contributed by atoms with Crippen LogP contribution in [0, 0.1) is 13.8 Å². The van der Waals surface area contributed by atoms with E-state index in [1.54, 1.807) is 4.57 Å². The molecule has 0 aliphatic rings. The van der Waals surface area contributed by atoms with Gasteiger partial charge in [0.1, 0.15) is 6.61 Å². The van der Waals surface area contributed by atoms with Crippen LogP contribution in [0.3, 0.4) is 0 Å². The van der Waals surface area contributed by atoms with E-state index >= 15 is 0 Å². The highest BCUT2D eigenvalue weighted by molar-refractivity contribution is 5.98. The fraction of sp³-hybridized carbons (Fsp3) is 0.423. The molecule has 2 N–H and O–H groups in total. The first-order valence-corrected chi connectivity index (χ1v) is 11.3. The standard InChI is InChI=1S/C26H34N2O3/c1-5-7-8-9-13-27-21-11-10-12-22-23(21)24(29)25(26(30)28(22)6-2)31-17-20-15-18(3)14-19(4)16-20/h10-12,14-16,27,29H,5-9,13,17H2,1-4H3. The van der Waals surface area contributed by atoms with Crippen molar-refractivity contribution in [2.24, 2.45) is 0 Å². The van der Waals surface area contributed by atoms with Gasteiger partial charge in [-0.05, 0) is 44.9 Å². The van der Waals surface area contributed by atoms with Crippen molar-refractivity contribution in [3.8, 4) is 11.5 Å². The van der Waals surface area contributed by atoms with Crippen LogP contribution < -0.4 is 15.6 Å². The average molecular weight is 423 g/mol. The highest BCUT2D eigenvalue weighted by Crippen LogP contribution is 2.37. The second kappa shape index (κ2) is 10.4. The van der Waals surface area contributed by atoms with Crippen molar-refractivity contribution in [3.05, 3.63) is 63.4 Å². The lowest BCUT2D eigenvalue weighted by atomic mass is 10.1. The van der Waals surface area contributed by atoms with Gasteiger partial charge in [-0.3, -0.25) is 4.79 Å². The maximum Gasteiger partial charge on any atom is 0.297 e. The molecule has 1 aromatic heterocycles. The highest BCUT2D eigenvalue weighted by Gasteiger charge is 2.19. The zero-order valence-corrected chi connectivity index (χ0v) is 19.1. The van der Waals surface area contributed by atoms with E-state index in [9.17, 15) is 9.90 Å². The molecule has 3 aromatic rings. The molecule has 5 nitrogen and oxygen atoms in total. The Morgan fingerprint density at radius 2 is 1.77 bits per heavy atom. The number of hydrogen-bond donors (Lipinski definition) is 2. The Morgan fingerprint density at radius 1 is 1.03 bits per heavy atom. The zero-order valence-electron chi connectivity index (χ0n) is 19.1. The van der Waals surface area contributed by atoms with Gasteiger partial charge in [-0.2, -0.15) is 0 Å². The first-order chi connectivity index (χ1) is 15.0. The first-order valence-electron chi connectivity index (χ1n) is 11.3. The maximum absolute atomic E-state index is 13.1. The number of aromatic nitrogens is 1. The van der Waals surface area contributed by atoms with Gasteiger partial charge in [0.05, 0.1) is 10.9 Å². The molecule has 0 aliphatic heterocycles. The van der Waals surface area contributed by atoms with Crippen LogP contribution in [0.1, 0.15) is 56.2 Å². The number of rotatable bonds is 10. The Bertz CT molecular complexity index is 1080. The SMILES string of the molecule is CCCCCCNc1cccc2c1c(O)c(OCc1cc(C)cc(C)c1)c(=O)n2CC. The van der Waals surface area contributed by atoms with Gasteiger partial charge in [0.15, 0.2) is 5.75 Å². The van der Waals surface area contributed by atoms with E-state index in [1.165, 1.54) is 19.3 Å². The predicted molar refractivity (Wildman–Crippen MR) is 128 cm³/mol. The molecule has 0 bridgehead atoms. The van der Waals surface area contributed by atoms with Crippen LogP contribution in [0.2, 0.25) is 0 Å². The summed E-state index contributed by atoms with van der Waals surface area (Å²) in [7, 11) is 0. The van der Waals surface area contributed by atoms with Gasteiger partial charge in [-0.25, -0.2) is 0 Å². The minimum Gasteiger partial charge on any atom is -0.504 e. The number of unbranched alkanes of at least 4 members (excludes halogenated alkanes) is 3. The van der Waals surface area contributed by atoms with Crippen LogP contribution in [0.4, 0.5) is 5.69 Å². The monoisotopic (exact) mass is 422 g/mol. The lowest BCUT2D eigenvalue weighted by Gasteiger charge is -2.17. The molecule has 5 heteroatoms. The van der Waals surface area contributed by atoms with Crippen molar-refractivity contribution in [2.75, 3.05) is 11.9 Å². The fourth-order valence-electron chi connectivity index (χ4n) is 4.13. The predicted octanol–water partition coefficient (Wildman–Crippen LogP) is 5.92. The summed E-state index contributed by atoms with van der Waals surface area (Å²) in [6.07, 6.45) is 4.64. The molecule has 2 aromatic carbocycles. The molecule has 31 heavy (non-hydrogen) atoms. The minimum absolute atomic E-state index is 0.00809. The van der Waals surface area contributed by atoms with Gasteiger partial charge < -0.3 is 19.7 Å². The number of nitrogens with zero attached hydrogens (tertiary/aromatic N) is 1. The Balaban J connectivity index is 1.97. The van der Waals surface area contributed by atoms with Crippen molar-refractivity contribution in [3.63, 3.8) is 0 Å². The first kappa shape index (κ1) is 22.7. The molecule has 0 amide bonds. The largest absolute Gasteiger partial charge is 0.504 e. The van der Waals surface area contributed by atoms with Crippen molar-refractivity contribution >= 4 is 16.6 Å². The van der Waals surface area contributed by atoms with E-state index in [4.69, 9.17) is 4.74 Å². The van der Waals surface area contributed by atoms with Crippen LogP contribution in [-0.4, -0.2) is 16.2 Å². The molecule has 0 spiro atoms. The molecule has 0 saturated carbocycles. The normalized spacial score (nSPS) is 11.1. The van der Waals surface area contributed by atoms with E-state index in [1.807, 2.05) is 51.1 Å². The van der Waals surface area contributed by atoms with Crippen LogP contribution in [-0.2, 0) is 13.2 Å². The quantitative estimate of drug-likeness (QED) is 0.398. The zero-order chi connectivity index (χ0) is 22.4. The summed E-state index contributed by atoms with van der Waals surface area (Å²) in [5.74, 6) is -0.0838. The van der Waals surface area contributed by atoms with E-state index < -0.39 is 0 Å². The molecule has 3 rings (SSSR count). The Labute approximate surface area is 184 Å². The molecule has 0 radical (unpaired) electrons. The second-order valence-corrected chi connectivity index (χ2v) is 8.20. The summed E-state index contributed by atoms with van der Waals surface area (Å²) < 4.78 is 7.58. The van der Waals surface area contributed by atoms with Crippen LogP contribution in [0.5, 0.6) is 11.5 Å². The Hall–Kier alpha value is -2.95. The molecule has 0 unspecified atom stereocenters. The number of anilines is 1. The molecular formula is C26H34N2O3. The third-order valence-electron chi connectivity index (χ3n) is 5.55. The maximum atomic E-state index is 13.1. The lowest BCUT2D eigenvalue weighted by Crippen LogP contribution is -2.22. The molecule has 166 valence electrons. The van der Waals surface area contributed by atoms with Crippen LogP contribution in [0.15, 0.2) is 41.2 Å². The van der Waals surface area contributed by atoms with E-state index in [0.717, 1.165) is 35.3 Å². The van der Waals surface area contributed by atoms with Crippen LogP contribution >= 0.6 is 0 Å². The Kier molecular flexibility index (Phi) is 7.61. The number of benzene rings is 2. The van der Waals surface area contributed by atoms with Crippen molar-refractivity contribution < 1.29 is 9.84 Å². The van der Waals surface area contributed by atoms with Crippen molar-refractivity contribution in [1.29, 1.82) is 0 Å². The summed E-state index contributed by atoms with van der Waals surface area (Å²) in [4.78, 5) is 13.1. The van der Waals surface area contributed by atoms with Crippen LogP contribution in [0.25, 0.3) is 10.9 Å². The number of nitrogens with one attached hydrogen (secondary N) is 1. The van der Waals surface area contributed by atoms with E-state index in [2.05, 4.69) is 18.3 Å². The minimum atomic E-state index is -0.308. The molecule has 1 heterocycles. The molecule has 0 aliphatic carbocycles. The summed E-state index contributed by atoms with van der Waals surface area (Å²) in [5, 5.41) is 15.2. The number of aromatic hydroxyl groups is 1. The van der Waals surface area contributed by atoms with Gasteiger partial charge in [-0.15, -0.1) is 0 Å². The number of fused-ring (bicyclic) bond motifs is 1. The molecule has 0 saturated heterocycles. The average Bonchev–Trinajstić information content (AvgIpc) is 2.73. The topological polar surface area (TPSA) is 63.5 Å². The van der Waals surface area contributed by atoms with Crippen molar-refractivity contribution in [1.82, 2.24) is 4.57 Å². The second-order valence-electron chi connectivity index (χ2n) is 8.20. The number of pyridine rings is 1. The molecule has 0 fully saturated rings. The molecular weight excluding hydrogens is 388 g/mol. The fourth-order valence-corrected chi connectivity index (χ4v) is 4.13. The van der Waals surface area contributed by atoms with E-state index in [0.29, 0.717) is 17.4 Å². The van der Waals surface area contributed by atoms with E-state index in [-0.39, 0.29) is 23.7 Å². The summed E-state index contributed by atoms with van der Waals surface area (Å²) in [6, 6.07) is 11.9. The highest BCUT2D eigenvalue weighted by atomic mass is 16.5. The summed E-state index contributed by atoms with van der Waals surface area (Å²) in [6.45, 7) is 9.74. The van der Waals surface area contributed by atoms with Gasteiger partial charge in [0.25, 0.3) is 5.56 Å². The third-order valence-corrected chi connectivity index (χ3v) is 5.55. The smallest absolute Gasteiger partial charge is 0.297 e. The lowest BCUT2D eigenvalue weighted by molar-refractivity contribution is 0.283. The molecule has 0 atom stereocenters. The number of hydrogen-bond acceptors (Lipinski definition) is 4. The summed E-state index contributed by atoms with van der Waals surface area (Å²) >= 11 is 0. The van der Waals surface area contributed by atoms with Gasteiger partial charge in [0, 0.05) is 18.8 Å². The van der Waals surface area contributed by atoms with Gasteiger partial charge in [0.2, 0.25) is 5.75 Å². The summed E-state index contributed by atoms with van der Waals surface area (Å²) in [5.41, 5.74) is 4.48. The number of aryl methyl sites for hydroxylation is 3. The van der Waals surface area contributed by atoms with Gasteiger partial charge >= 0.3 is 0 Å². The third kappa shape index (κ3) is 5.22. The van der Waals surface area contributed by atoms with Crippen molar-refractivity contribution in [2.45, 2.75) is 66.5 Å². The number of ether oxygens (including phenoxy) is 1.